The highest BCUT2D eigenvalue weighted by Crippen LogP contribution is 2.90. The molecule has 4 heteroatoms. The maximum Gasteiger partial charge on any atom is 0.0117 e. The van der Waals surface area contributed by atoms with E-state index in [2.05, 4.69) is 40.0 Å². The van der Waals surface area contributed by atoms with E-state index in [1.165, 1.54) is 19.3 Å². The van der Waals surface area contributed by atoms with Crippen LogP contribution >= 0.6 is 31.7 Å². The summed E-state index contributed by atoms with van der Waals surface area (Å²) in [7, 11) is 0.534. The van der Waals surface area contributed by atoms with Crippen LogP contribution in [0.4, 0.5) is 0 Å². The van der Waals surface area contributed by atoms with Gasteiger partial charge in [-0.05, 0) is 78.5 Å². The average Bonchev–Trinajstić information content (AvgIpc) is 2.70. The molecule has 0 saturated heterocycles. The molecule has 0 unspecified atom stereocenters. The maximum atomic E-state index is 2.71. The van der Waals surface area contributed by atoms with E-state index in [9.17, 15) is 0 Å². The highest BCUT2D eigenvalue weighted by molar-refractivity contribution is 7.90. The van der Waals surface area contributed by atoms with Crippen molar-refractivity contribution in [3.8, 4) is 0 Å². The zero-order chi connectivity index (χ0) is 20.4. The Bertz CT molecular complexity index is 410. The van der Waals surface area contributed by atoms with Crippen LogP contribution in [0.1, 0.15) is 96.3 Å². The molecule has 3 fully saturated rings. The lowest BCUT2D eigenvalue weighted by atomic mass is 9.98. The van der Waals surface area contributed by atoms with Gasteiger partial charge >= 0.3 is 0 Å². The lowest BCUT2D eigenvalue weighted by Gasteiger charge is -2.66. The van der Waals surface area contributed by atoms with Crippen LogP contribution in [-0.2, 0) is 0 Å². The van der Waals surface area contributed by atoms with Crippen LogP contribution in [0.5, 0.6) is 0 Å². The lowest BCUT2D eigenvalue weighted by molar-refractivity contribution is 0.420. The van der Waals surface area contributed by atoms with Crippen LogP contribution in [0.2, 0.25) is 0 Å². The molecule has 0 N–H and O–H groups in total. The summed E-state index contributed by atoms with van der Waals surface area (Å²) in [4.78, 5) is 2.28. The topological polar surface area (TPSA) is 0 Å². The first-order chi connectivity index (χ1) is 13.3. The molecule has 0 spiro atoms. The summed E-state index contributed by atoms with van der Waals surface area (Å²) in [5.41, 5.74) is 0. The van der Waals surface area contributed by atoms with Crippen LogP contribution in [0.15, 0.2) is 0 Å². The first-order valence-corrected chi connectivity index (χ1v) is 20.2. The van der Waals surface area contributed by atoms with E-state index in [-0.39, 0.29) is 31.7 Å². The van der Waals surface area contributed by atoms with Crippen LogP contribution in [-0.4, -0.2) is 54.7 Å². The third-order valence-electron chi connectivity index (χ3n) is 8.71. The molecule has 3 rings (SSSR count). The van der Waals surface area contributed by atoms with E-state index in [0.29, 0.717) is 0 Å². The van der Waals surface area contributed by atoms with Crippen molar-refractivity contribution in [3.05, 3.63) is 0 Å². The molecule has 164 valence electrons. The van der Waals surface area contributed by atoms with Crippen molar-refractivity contribution >= 4 is 31.7 Å². The molecule has 0 heterocycles. The summed E-state index contributed by atoms with van der Waals surface area (Å²) in [6, 6.07) is 0. The van der Waals surface area contributed by atoms with Crippen LogP contribution in [0.3, 0.4) is 0 Å². The Labute approximate surface area is 182 Å². The quantitative estimate of drug-likeness (QED) is 0.346. The van der Waals surface area contributed by atoms with Gasteiger partial charge in [0.1, 0.15) is 0 Å². The summed E-state index contributed by atoms with van der Waals surface area (Å²) in [5.74, 6) is 0. The zero-order valence-corrected chi connectivity index (χ0v) is 23.5. The minimum absolute atomic E-state index is 0.100. The third kappa shape index (κ3) is 4.32. The second-order valence-corrected chi connectivity index (χ2v) is 22.9. The fraction of sp³-hybridized carbons (Fsp3) is 1.00. The minimum Gasteiger partial charge on any atom is -0.102 e. The molecule has 0 bridgehead atoms. The summed E-state index contributed by atoms with van der Waals surface area (Å²) in [5, 5.41) is 0. The zero-order valence-electron chi connectivity index (χ0n) is 19.9. The predicted molar refractivity (Wildman–Crippen MR) is 141 cm³/mol. The Morgan fingerprint density at radius 1 is 0.357 bits per heavy atom. The first kappa shape index (κ1) is 24.4. The monoisotopic (exact) mass is 460 g/mol. The summed E-state index contributed by atoms with van der Waals surface area (Å²) in [6.07, 6.45) is 23.5. The van der Waals surface area contributed by atoms with Gasteiger partial charge in [-0.3, -0.25) is 0 Å². The molecule has 28 heavy (non-hydrogen) atoms. The normalized spacial score (nSPS) is 27.6. The molecule has 3 aliphatic rings. The van der Waals surface area contributed by atoms with Crippen molar-refractivity contribution in [2.24, 2.45) is 0 Å². The number of hydrogen-bond acceptors (Lipinski definition) is 0. The van der Waals surface area contributed by atoms with Crippen LogP contribution in [0.25, 0.3) is 0 Å². The highest BCUT2D eigenvalue weighted by atomic mass is 31.2. The SMILES string of the molecule is CP(C)C1(P(C2(P(C)C)CCCCC2)C2(P(C)C)CCCCC2)CCCCC1. The lowest BCUT2D eigenvalue weighted by Crippen LogP contribution is -2.47. The molecule has 0 nitrogen and oxygen atoms in total. The number of rotatable bonds is 6. The largest absolute Gasteiger partial charge is 0.102 e. The Morgan fingerprint density at radius 2 is 0.571 bits per heavy atom. The van der Waals surface area contributed by atoms with E-state index in [1.54, 1.807) is 77.0 Å². The Balaban J connectivity index is 2.20. The van der Waals surface area contributed by atoms with Gasteiger partial charge in [-0.1, -0.05) is 65.7 Å². The number of hydrogen-bond donors (Lipinski definition) is 0. The molecule has 0 aromatic rings. The van der Waals surface area contributed by atoms with Crippen molar-refractivity contribution in [3.63, 3.8) is 0 Å². The summed E-state index contributed by atoms with van der Waals surface area (Å²) in [6.45, 7) is 16.3. The molecule has 0 radical (unpaired) electrons. The molecule has 0 atom stereocenters. The molecular formula is C24H48P4. The van der Waals surface area contributed by atoms with E-state index in [4.69, 9.17) is 0 Å². The van der Waals surface area contributed by atoms with Crippen molar-refractivity contribution in [2.45, 2.75) is 111 Å². The molecule has 0 amide bonds. The van der Waals surface area contributed by atoms with Crippen LogP contribution in [0, 0.1) is 0 Å². The standard InChI is InChI=1S/C24H48P4/c1-25(2)22(16-10-7-11-17-22)28(23(26(3)4)18-12-8-13-19-23)24(27(5)6)20-14-9-15-21-24/h7-21H2,1-6H3. The third-order valence-corrected chi connectivity index (χ3v) is 24.3. The van der Waals surface area contributed by atoms with Gasteiger partial charge in [0.15, 0.2) is 0 Å². The van der Waals surface area contributed by atoms with Gasteiger partial charge < -0.3 is 0 Å². The molecule has 0 aliphatic heterocycles. The van der Waals surface area contributed by atoms with Crippen molar-refractivity contribution in [1.29, 1.82) is 0 Å². The highest BCUT2D eigenvalue weighted by Gasteiger charge is 2.61. The van der Waals surface area contributed by atoms with Crippen molar-refractivity contribution in [1.82, 2.24) is 0 Å². The molecule has 3 saturated carbocycles. The van der Waals surface area contributed by atoms with E-state index >= 15 is 0 Å². The average molecular weight is 461 g/mol. The van der Waals surface area contributed by atoms with E-state index < -0.39 is 0 Å². The maximum absolute atomic E-state index is 2.71. The van der Waals surface area contributed by atoms with Gasteiger partial charge in [-0.15, -0.1) is 23.8 Å². The Morgan fingerprint density at radius 3 is 0.750 bits per heavy atom. The fourth-order valence-corrected chi connectivity index (χ4v) is 24.3. The van der Waals surface area contributed by atoms with Gasteiger partial charge in [0.05, 0.1) is 0 Å². The Kier molecular flexibility index (Phi) is 8.80. The summed E-state index contributed by atoms with van der Waals surface area (Å²) >= 11 is 0. The van der Waals surface area contributed by atoms with Crippen LogP contribution < -0.4 is 0 Å². The summed E-state index contributed by atoms with van der Waals surface area (Å²) < 4.78 is 0. The van der Waals surface area contributed by atoms with Crippen molar-refractivity contribution < 1.29 is 0 Å². The Hall–Kier alpha value is 1.72. The molecular weight excluding hydrogens is 412 g/mol. The van der Waals surface area contributed by atoms with Gasteiger partial charge in [0, 0.05) is 14.7 Å². The first-order valence-electron chi connectivity index (χ1n) is 12.1. The smallest absolute Gasteiger partial charge is 0.0117 e. The van der Waals surface area contributed by atoms with Gasteiger partial charge in [0.2, 0.25) is 0 Å². The fourth-order valence-electron chi connectivity index (χ4n) is 7.13. The van der Waals surface area contributed by atoms with E-state index in [1.807, 2.05) is 0 Å². The van der Waals surface area contributed by atoms with Gasteiger partial charge in [-0.2, -0.15) is 0 Å². The van der Waals surface area contributed by atoms with Crippen molar-refractivity contribution in [2.75, 3.05) is 40.0 Å². The molecule has 0 aromatic carbocycles. The molecule has 0 aromatic heterocycles. The second-order valence-electron chi connectivity index (χ2n) is 10.6. The van der Waals surface area contributed by atoms with E-state index in [0.717, 1.165) is 14.7 Å². The van der Waals surface area contributed by atoms with Gasteiger partial charge in [-0.25, -0.2) is 0 Å². The minimum atomic E-state index is 0.100. The molecule has 3 aliphatic carbocycles. The predicted octanol–water partition coefficient (Wildman–Crippen LogP) is 9.67. The van der Waals surface area contributed by atoms with Gasteiger partial charge in [0.25, 0.3) is 0 Å². The second kappa shape index (κ2) is 10.1.